The Balaban J connectivity index is 1.38. The monoisotopic (exact) mass is 330 g/mol. The van der Waals surface area contributed by atoms with Crippen molar-refractivity contribution in [3.8, 4) is 0 Å². The van der Waals surface area contributed by atoms with Crippen LogP contribution in [-0.4, -0.2) is 24.5 Å². The summed E-state index contributed by atoms with van der Waals surface area (Å²) in [4.78, 5) is 2.62. The molecule has 1 aliphatic rings. The summed E-state index contributed by atoms with van der Waals surface area (Å²) in [5.41, 5.74) is 2.68. The van der Waals surface area contributed by atoms with E-state index in [0.29, 0.717) is 12.0 Å². The highest BCUT2D eigenvalue weighted by atomic mass is 15.2. The highest BCUT2D eigenvalue weighted by molar-refractivity contribution is 5.93. The number of anilines is 1. The third-order valence-corrected chi connectivity index (χ3v) is 5.52. The fraction of sp³-hybridized carbons (Fsp3) is 0.304. The molecule has 25 heavy (non-hydrogen) atoms. The van der Waals surface area contributed by atoms with E-state index < -0.39 is 0 Å². The highest BCUT2D eigenvalue weighted by Gasteiger charge is 2.26. The molecule has 0 radical (unpaired) electrons. The van der Waals surface area contributed by atoms with Gasteiger partial charge in [0.1, 0.15) is 0 Å². The topological polar surface area (TPSA) is 15.3 Å². The largest absolute Gasteiger partial charge is 0.384 e. The molecular formula is C23H26N2. The Morgan fingerprint density at radius 2 is 1.72 bits per heavy atom. The van der Waals surface area contributed by atoms with Crippen LogP contribution in [0.1, 0.15) is 24.9 Å². The molecule has 1 heterocycles. The van der Waals surface area contributed by atoms with Crippen LogP contribution < -0.4 is 5.32 Å². The number of hydrogen-bond acceptors (Lipinski definition) is 2. The minimum Gasteiger partial charge on any atom is -0.384 e. The van der Waals surface area contributed by atoms with Crippen LogP contribution >= 0.6 is 0 Å². The standard InChI is InChI=1S/C23H26N2/c1-18(20-8-3-2-4-9-20)25-15-14-19(17-25)16-24-23-13-7-11-21-10-5-6-12-22(21)23/h2-13,18-19,24H,14-17H2,1H3/t18-,19-/m0/s1. The second-order valence-corrected chi connectivity index (χ2v) is 7.14. The first-order chi connectivity index (χ1) is 12.3. The number of likely N-dealkylation sites (tertiary alicyclic amines) is 1. The lowest BCUT2D eigenvalue weighted by Gasteiger charge is -2.25. The summed E-state index contributed by atoms with van der Waals surface area (Å²) < 4.78 is 0. The van der Waals surface area contributed by atoms with Crippen molar-refractivity contribution >= 4 is 16.5 Å². The molecule has 4 rings (SSSR count). The Morgan fingerprint density at radius 1 is 0.960 bits per heavy atom. The maximum atomic E-state index is 3.70. The quantitative estimate of drug-likeness (QED) is 0.680. The van der Waals surface area contributed by atoms with E-state index >= 15 is 0 Å². The molecule has 1 saturated heterocycles. The zero-order chi connectivity index (χ0) is 17.1. The van der Waals surface area contributed by atoms with Crippen LogP contribution in [-0.2, 0) is 0 Å². The molecule has 2 heteroatoms. The van der Waals surface area contributed by atoms with Crippen molar-refractivity contribution in [1.82, 2.24) is 4.90 Å². The molecule has 0 aromatic heterocycles. The van der Waals surface area contributed by atoms with Gasteiger partial charge in [-0.15, -0.1) is 0 Å². The van der Waals surface area contributed by atoms with Crippen molar-refractivity contribution in [1.29, 1.82) is 0 Å². The van der Waals surface area contributed by atoms with Crippen LogP contribution in [0.5, 0.6) is 0 Å². The molecule has 2 atom stereocenters. The number of nitrogens with one attached hydrogen (secondary N) is 1. The fourth-order valence-electron chi connectivity index (χ4n) is 3.96. The van der Waals surface area contributed by atoms with Gasteiger partial charge in [-0.3, -0.25) is 4.90 Å². The van der Waals surface area contributed by atoms with Gasteiger partial charge in [-0.1, -0.05) is 66.7 Å². The van der Waals surface area contributed by atoms with Gasteiger partial charge in [-0.2, -0.15) is 0 Å². The van der Waals surface area contributed by atoms with Gasteiger partial charge in [0, 0.05) is 30.2 Å². The maximum Gasteiger partial charge on any atom is 0.0419 e. The lowest BCUT2D eigenvalue weighted by atomic mass is 10.1. The van der Waals surface area contributed by atoms with E-state index in [4.69, 9.17) is 0 Å². The maximum absolute atomic E-state index is 3.70. The van der Waals surface area contributed by atoms with Gasteiger partial charge in [-0.05, 0) is 42.8 Å². The van der Waals surface area contributed by atoms with Gasteiger partial charge in [0.15, 0.2) is 0 Å². The van der Waals surface area contributed by atoms with Crippen LogP contribution in [0, 0.1) is 5.92 Å². The summed E-state index contributed by atoms with van der Waals surface area (Å²) in [5.74, 6) is 0.713. The molecule has 128 valence electrons. The van der Waals surface area contributed by atoms with E-state index in [9.17, 15) is 0 Å². The van der Waals surface area contributed by atoms with E-state index in [1.54, 1.807) is 0 Å². The molecular weight excluding hydrogens is 304 g/mol. The molecule has 2 nitrogen and oxygen atoms in total. The Bertz CT molecular complexity index is 822. The number of fused-ring (bicyclic) bond motifs is 1. The summed E-state index contributed by atoms with van der Waals surface area (Å²) in [7, 11) is 0. The van der Waals surface area contributed by atoms with E-state index in [-0.39, 0.29) is 0 Å². The molecule has 0 spiro atoms. The van der Waals surface area contributed by atoms with Crippen molar-refractivity contribution in [3.63, 3.8) is 0 Å². The van der Waals surface area contributed by atoms with Crippen molar-refractivity contribution in [3.05, 3.63) is 78.4 Å². The predicted octanol–water partition coefficient (Wildman–Crippen LogP) is 5.33. The molecule has 3 aromatic rings. The van der Waals surface area contributed by atoms with Crippen LogP contribution in [0.25, 0.3) is 10.8 Å². The molecule has 1 aliphatic heterocycles. The Hall–Kier alpha value is -2.32. The minimum atomic E-state index is 0.503. The lowest BCUT2D eigenvalue weighted by Crippen LogP contribution is -2.26. The molecule has 0 aliphatic carbocycles. The third kappa shape index (κ3) is 3.54. The van der Waals surface area contributed by atoms with Gasteiger partial charge in [0.05, 0.1) is 0 Å². The second kappa shape index (κ2) is 7.28. The van der Waals surface area contributed by atoms with Crippen LogP contribution in [0.15, 0.2) is 72.8 Å². The summed E-state index contributed by atoms with van der Waals surface area (Å²) in [5, 5.41) is 6.32. The zero-order valence-electron chi connectivity index (χ0n) is 14.9. The van der Waals surface area contributed by atoms with E-state index in [1.165, 1.54) is 41.5 Å². The van der Waals surface area contributed by atoms with Crippen molar-refractivity contribution in [2.75, 3.05) is 25.0 Å². The van der Waals surface area contributed by atoms with Crippen molar-refractivity contribution < 1.29 is 0 Å². The molecule has 3 aromatic carbocycles. The summed E-state index contributed by atoms with van der Waals surface area (Å²) >= 11 is 0. The summed E-state index contributed by atoms with van der Waals surface area (Å²) in [6, 6.07) is 26.5. The Morgan fingerprint density at radius 3 is 2.60 bits per heavy atom. The first-order valence-corrected chi connectivity index (χ1v) is 9.32. The number of benzene rings is 3. The van der Waals surface area contributed by atoms with E-state index in [0.717, 1.165) is 6.54 Å². The van der Waals surface area contributed by atoms with E-state index in [2.05, 4.69) is 89.9 Å². The van der Waals surface area contributed by atoms with E-state index in [1.807, 2.05) is 0 Å². The average Bonchev–Trinajstić information content (AvgIpc) is 3.15. The molecule has 0 amide bonds. The fourth-order valence-corrected chi connectivity index (χ4v) is 3.96. The minimum absolute atomic E-state index is 0.503. The molecule has 0 bridgehead atoms. The Kier molecular flexibility index (Phi) is 4.71. The number of hydrogen-bond donors (Lipinski definition) is 1. The van der Waals surface area contributed by atoms with Gasteiger partial charge in [0.25, 0.3) is 0 Å². The number of rotatable bonds is 5. The molecule has 0 unspecified atom stereocenters. The van der Waals surface area contributed by atoms with Crippen LogP contribution in [0.3, 0.4) is 0 Å². The van der Waals surface area contributed by atoms with Gasteiger partial charge in [0.2, 0.25) is 0 Å². The van der Waals surface area contributed by atoms with Crippen LogP contribution in [0.4, 0.5) is 5.69 Å². The first kappa shape index (κ1) is 16.2. The average molecular weight is 330 g/mol. The molecule has 1 fully saturated rings. The SMILES string of the molecule is C[C@@H](c1ccccc1)N1CC[C@@H](CNc2cccc3ccccc23)C1. The lowest BCUT2D eigenvalue weighted by molar-refractivity contribution is 0.254. The third-order valence-electron chi connectivity index (χ3n) is 5.52. The first-order valence-electron chi connectivity index (χ1n) is 9.32. The van der Waals surface area contributed by atoms with Crippen molar-refractivity contribution in [2.45, 2.75) is 19.4 Å². The smallest absolute Gasteiger partial charge is 0.0419 e. The Labute approximate surface area is 150 Å². The second-order valence-electron chi connectivity index (χ2n) is 7.14. The van der Waals surface area contributed by atoms with Gasteiger partial charge >= 0.3 is 0 Å². The molecule has 1 N–H and O–H groups in total. The van der Waals surface area contributed by atoms with Gasteiger partial charge < -0.3 is 5.32 Å². The number of nitrogens with zero attached hydrogens (tertiary/aromatic N) is 1. The summed E-state index contributed by atoms with van der Waals surface area (Å²) in [6.45, 7) is 5.74. The normalized spacial score (nSPS) is 19.2. The van der Waals surface area contributed by atoms with Gasteiger partial charge in [-0.25, -0.2) is 0 Å². The zero-order valence-corrected chi connectivity index (χ0v) is 14.9. The van der Waals surface area contributed by atoms with Crippen LogP contribution in [0.2, 0.25) is 0 Å². The highest BCUT2D eigenvalue weighted by Crippen LogP contribution is 2.28. The predicted molar refractivity (Wildman–Crippen MR) is 107 cm³/mol. The summed E-state index contributed by atoms with van der Waals surface area (Å²) in [6.07, 6.45) is 1.27. The van der Waals surface area contributed by atoms with Crippen molar-refractivity contribution in [2.24, 2.45) is 5.92 Å². The molecule has 0 saturated carbocycles.